The number of anilines is 1. The Morgan fingerprint density at radius 2 is 1.74 bits per heavy atom. The summed E-state index contributed by atoms with van der Waals surface area (Å²) in [5.74, 6) is -3.55. The molecule has 0 bridgehead atoms. The van der Waals surface area contributed by atoms with Gasteiger partial charge >= 0.3 is 0 Å². The molecule has 3 aromatic carbocycles. The fourth-order valence-corrected chi connectivity index (χ4v) is 7.95. The summed E-state index contributed by atoms with van der Waals surface area (Å²) in [6.07, 6.45) is 3.58. The zero-order valence-corrected chi connectivity index (χ0v) is 26.0. The number of ketones is 2. The van der Waals surface area contributed by atoms with Crippen molar-refractivity contribution < 1.29 is 33.4 Å². The van der Waals surface area contributed by atoms with Gasteiger partial charge in [-0.25, -0.2) is 4.98 Å². The van der Waals surface area contributed by atoms with Gasteiger partial charge in [-0.1, -0.05) is 35.9 Å². The molecule has 228 valence electrons. The van der Waals surface area contributed by atoms with Crippen molar-refractivity contribution in [3.05, 3.63) is 106 Å². The number of methoxy groups -OCH3 is 1. The predicted octanol–water partition coefficient (Wildman–Crippen LogP) is 6.18. The lowest BCUT2D eigenvalue weighted by Gasteiger charge is -2.42. The van der Waals surface area contributed by atoms with E-state index >= 15 is 0 Å². The van der Waals surface area contributed by atoms with Gasteiger partial charge in [0.15, 0.2) is 28.6 Å². The number of carbonyl (C=O) groups is 4. The summed E-state index contributed by atoms with van der Waals surface area (Å²) in [5.41, 5.74) is 4.22. The lowest BCUT2D eigenvalue weighted by molar-refractivity contribution is -0.123. The summed E-state index contributed by atoms with van der Waals surface area (Å²) in [7, 11) is 1.43. The number of Topliss-reactive ketones (excluding diaryl/α,β-unsaturated/α-hetero) is 1. The lowest BCUT2D eigenvalue weighted by atomic mass is 9.59. The quantitative estimate of drug-likeness (QED) is 0.154. The molecule has 1 saturated heterocycles. The van der Waals surface area contributed by atoms with Crippen LogP contribution in [-0.2, 0) is 19.2 Å². The van der Waals surface area contributed by atoms with Crippen LogP contribution in [0.3, 0.4) is 0 Å². The van der Waals surface area contributed by atoms with Crippen LogP contribution in [0.5, 0.6) is 11.5 Å². The summed E-state index contributed by atoms with van der Waals surface area (Å²) in [4.78, 5) is 60.8. The van der Waals surface area contributed by atoms with Crippen LogP contribution in [0.15, 0.2) is 105 Å². The maximum Gasteiger partial charge on any atom is 0.238 e. The molecule has 1 N–H and O–H groups in total. The van der Waals surface area contributed by atoms with Gasteiger partial charge in [-0.2, -0.15) is 0 Å². The Labute approximate surface area is 271 Å². The SMILES string of the molecule is COc1cccc(C2C3=CCC4C(=O)N(c5ccc(-c6nc7ccccc7o6)cc5)C(=O)C4C3CC3=C2C(=O)C=C(Br)C3=O)c1O. The smallest absolute Gasteiger partial charge is 0.238 e. The van der Waals surface area contributed by atoms with Gasteiger partial charge < -0.3 is 14.3 Å². The molecule has 1 fully saturated rings. The fraction of sp³-hybridized carbons (Fsp3) is 0.194. The maximum atomic E-state index is 14.2. The number of imide groups is 1. The number of rotatable bonds is 4. The van der Waals surface area contributed by atoms with Gasteiger partial charge in [0.25, 0.3) is 0 Å². The normalized spacial score (nSPS) is 24.1. The second-order valence-corrected chi connectivity index (χ2v) is 12.7. The molecule has 0 radical (unpaired) electrons. The topological polar surface area (TPSA) is 127 Å². The third-order valence-corrected chi connectivity index (χ3v) is 10.1. The molecule has 4 atom stereocenters. The monoisotopic (exact) mass is 676 g/mol. The minimum Gasteiger partial charge on any atom is -0.504 e. The number of phenols is 1. The van der Waals surface area contributed by atoms with Crippen LogP contribution in [0.1, 0.15) is 24.3 Å². The van der Waals surface area contributed by atoms with E-state index in [-0.39, 0.29) is 63.4 Å². The van der Waals surface area contributed by atoms with E-state index in [1.54, 1.807) is 42.5 Å². The van der Waals surface area contributed by atoms with Gasteiger partial charge in [0.2, 0.25) is 17.7 Å². The van der Waals surface area contributed by atoms with E-state index in [0.29, 0.717) is 28.3 Å². The van der Waals surface area contributed by atoms with Crippen LogP contribution >= 0.6 is 15.9 Å². The summed E-state index contributed by atoms with van der Waals surface area (Å²) in [6, 6.07) is 19.4. The number of benzene rings is 3. The first-order valence-corrected chi connectivity index (χ1v) is 15.6. The largest absolute Gasteiger partial charge is 0.504 e. The molecule has 4 unspecified atom stereocenters. The van der Waals surface area contributed by atoms with Crippen molar-refractivity contribution >= 4 is 56.1 Å². The molecule has 4 aromatic rings. The number of allylic oxidation sites excluding steroid dienone is 6. The Morgan fingerprint density at radius 3 is 2.50 bits per heavy atom. The van der Waals surface area contributed by atoms with Crippen LogP contribution < -0.4 is 9.64 Å². The molecule has 3 aliphatic carbocycles. The molecule has 2 amide bonds. The number of halogens is 1. The van der Waals surface area contributed by atoms with Gasteiger partial charge in [-0.15, -0.1) is 0 Å². The van der Waals surface area contributed by atoms with Crippen molar-refractivity contribution in [2.24, 2.45) is 17.8 Å². The number of amides is 2. The van der Waals surface area contributed by atoms with E-state index in [9.17, 15) is 24.3 Å². The molecule has 2 heterocycles. The van der Waals surface area contributed by atoms with E-state index in [0.717, 1.165) is 11.1 Å². The molecule has 4 aliphatic rings. The Hall–Kier alpha value is -5.09. The van der Waals surface area contributed by atoms with E-state index in [1.165, 1.54) is 18.1 Å². The molecule has 8 rings (SSSR count). The number of para-hydroxylation sites is 3. The number of nitrogens with zero attached hydrogens (tertiary/aromatic N) is 2. The molecule has 1 aromatic heterocycles. The van der Waals surface area contributed by atoms with Gasteiger partial charge in [0.1, 0.15) is 5.52 Å². The maximum absolute atomic E-state index is 14.2. The highest BCUT2D eigenvalue weighted by Gasteiger charge is 2.57. The third kappa shape index (κ3) is 4.09. The first-order chi connectivity index (χ1) is 22.3. The molecule has 1 aliphatic heterocycles. The highest BCUT2D eigenvalue weighted by atomic mass is 79.9. The number of ether oxygens (including phenoxy) is 1. The Kier molecular flexibility index (Phi) is 6.47. The number of carbonyl (C=O) groups excluding carboxylic acids is 4. The number of aromatic hydroxyl groups is 1. The standard InChI is InChI=1S/C36H25BrN2O7/c1-45-28-8-4-5-20(33(28)42)29-19-13-14-21-30(22(19)15-23-31(29)26(40)16-24(37)32(23)41)36(44)39(35(21)43)18-11-9-17(10-12-18)34-38-25-6-2-3-7-27(25)46-34/h2-13,16,21-22,29-30,42H,14-15H2,1H3. The van der Waals surface area contributed by atoms with Crippen molar-refractivity contribution in [1.29, 1.82) is 0 Å². The van der Waals surface area contributed by atoms with Crippen molar-refractivity contribution in [1.82, 2.24) is 4.98 Å². The van der Waals surface area contributed by atoms with Crippen molar-refractivity contribution in [3.8, 4) is 23.0 Å². The van der Waals surface area contributed by atoms with Gasteiger partial charge in [-0.05, 0) is 77.2 Å². The van der Waals surface area contributed by atoms with E-state index in [1.807, 2.05) is 30.3 Å². The molecule has 9 nitrogen and oxygen atoms in total. The third-order valence-electron chi connectivity index (χ3n) is 9.56. The van der Waals surface area contributed by atoms with E-state index < -0.39 is 23.7 Å². The molecule has 10 heteroatoms. The lowest BCUT2D eigenvalue weighted by Crippen LogP contribution is -2.39. The summed E-state index contributed by atoms with van der Waals surface area (Å²) < 4.78 is 11.4. The van der Waals surface area contributed by atoms with Crippen LogP contribution in [0.2, 0.25) is 0 Å². The summed E-state index contributed by atoms with van der Waals surface area (Å²) >= 11 is 3.24. The second kappa shape index (κ2) is 10.5. The average molecular weight is 678 g/mol. The van der Waals surface area contributed by atoms with Crippen molar-refractivity contribution in [2.45, 2.75) is 18.8 Å². The Morgan fingerprint density at radius 1 is 0.957 bits per heavy atom. The number of hydrogen-bond donors (Lipinski definition) is 1. The minimum absolute atomic E-state index is 0.126. The van der Waals surface area contributed by atoms with E-state index in [4.69, 9.17) is 9.15 Å². The highest BCUT2D eigenvalue weighted by molar-refractivity contribution is 9.12. The van der Waals surface area contributed by atoms with Crippen LogP contribution in [-0.4, -0.2) is 40.6 Å². The number of phenolic OH excluding ortho intramolecular Hbond substituents is 1. The number of aromatic nitrogens is 1. The summed E-state index contributed by atoms with van der Waals surface area (Å²) in [5, 5.41) is 11.2. The Bertz CT molecular complexity index is 2090. The first-order valence-electron chi connectivity index (χ1n) is 14.9. The molecule has 0 spiro atoms. The fourth-order valence-electron chi connectivity index (χ4n) is 7.50. The zero-order valence-electron chi connectivity index (χ0n) is 24.4. The van der Waals surface area contributed by atoms with Crippen LogP contribution in [0.25, 0.3) is 22.6 Å². The molecular weight excluding hydrogens is 652 g/mol. The van der Waals surface area contributed by atoms with Gasteiger partial charge in [0, 0.05) is 34.3 Å². The van der Waals surface area contributed by atoms with Gasteiger partial charge in [0.05, 0.1) is 29.1 Å². The number of fused-ring (bicyclic) bond motifs is 4. The van der Waals surface area contributed by atoms with Gasteiger partial charge in [-0.3, -0.25) is 24.1 Å². The van der Waals surface area contributed by atoms with Crippen molar-refractivity contribution in [3.63, 3.8) is 0 Å². The first kappa shape index (κ1) is 28.4. The summed E-state index contributed by atoms with van der Waals surface area (Å²) in [6.45, 7) is 0. The zero-order chi connectivity index (χ0) is 31.9. The van der Waals surface area contributed by atoms with E-state index in [2.05, 4.69) is 20.9 Å². The molecular formula is C36H25BrN2O7. The Balaban J connectivity index is 1.18. The number of hydrogen-bond acceptors (Lipinski definition) is 8. The second-order valence-electron chi connectivity index (χ2n) is 11.8. The number of oxazole rings is 1. The van der Waals surface area contributed by atoms with Crippen molar-refractivity contribution in [2.75, 3.05) is 12.0 Å². The van der Waals surface area contributed by atoms with Crippen LogP contribution in [0.4, 0.5) is 5.69 Å². The predicted molar refractivity (Wildman–Crippen MR) is 171 cm³/mol. The molecule has 46 heavy (non-hydrogen) atoms. The van der Waals surface area contributed by atoms with Crippen LogP contribution in [0, 0.1) is 17.8 Å². The molecule has 0 saturated carbocycles. The minimum atomic E-state index is -0.786. The average Bonchev–Trinajstić information content (AvgIpc) is 3.61. The highest BCUT2D eigenvalue weighted by Crippen LogP contribution is 2.57.